The van der Waals surface area contributed by atoms with Crippen LogP contribution in [0.25, 0.3) is 0 Å². The topological polar surface area (TPSA) is 41.3 Å². The van der Waals surface area contributed by atoms with Gasteiger partial charge in [0.05, 0.1) is 5.56 Å². The van der Waals surface area contributed by atoms with Crippen LogP contribution in [0.2, 0.25) is 0 Å². The lowest BCUT2D eigenvalue weighted by atomic mass is 10.0. The van der Waals surface area contributed by atoms with Gasteiger partial charge >= 0.3 is 6.18 Å². The minimum absolute atomic E-state index is 0.318. The molecule has 0 spiro atoms. The normalized spacial score (nSPS) is 19.1. The summed E-state index contributed by atoms with van der Waals surface area (Å²) in [5, 5.41) is 3.33. The summed E-state index contributed by atoms with van der Waals surface area (Å²) in [4.78, 5) is 2.43. The highest BCUT2D eigenvalue weighted by Crippen LogP contribution is 2.30. The minimum atomic E-state index is -4.27. The molecular weight excluding hydrogens is 291 g/mol. The van der Waals surface area contributed by atoms with Crippen LogP contribution in [-0.2, 0) is 6.18 Å². The molecule has 3 N–H and O–H groups in total. The van der Waals surface area contributed by atoms with Crippen LogP contribution in [0.15, 0.2) is 24.3 Å². The molecule has 1 aromatic carbocycles. The number of benzene rings is 1. The van der Waals surface area contributed by atoms with Crippen molar-refractivity contribution >= 4 is 5.69 Å². The van der Waals surface area contributed by atoms with Crippen molar-refractivity contribution in [2.24, 2.45) is 5.73 Å². The Bertz CT molecular complexity index is 451. The van der Waals surface area contributed by atoms with E-state index in [2.05, 4.69) is 17.1 Å². The van der Waals surface area contributed by atoms with Crippen LogP contribution in [0, 0.1) is 0 Å². The maximum atomic E-state index is 12.5. The second-order valence-corrected chi connectivity index (χ2v) is 5.96. The monoisotopic (exact) mass is 315 g/mol. The Kier molecular flexibility index (Phi) is 5.69. The number of hydrogen-bond acceptors (Lipinski definition) is 3. The van der Waals surface area contributed by atoms with Crippen LogP contribution < -0.4 is 11.1 Å². The van der Waals surface area contributed by atoms with E-state index in [-0.39, 0.29) is 0 Å². The lowest BCUT2D eigenvalue weighted by Gasteiger charge is -2.36. The summed E-state index contributed by atoms with van der Waals surface area (Å²) < 4.78 is 37.6. The molecule has 1 fully saturated rings. The van der Waals surface area contributed by atoms with Crippen LogP contribution in [0.5, 0.6) is 0 Å². The third-order valence-corrected chi connectivity index (χ3v) is 4.32. The van der Waals surface area contributed by atoms with Gasteiger partial charge in [-0.25, -0.2) is 0 Å². The standard InChI is InChI=1S/C16H24F3N3/c1-12(6-9-20)22-10-7-15(8-11-22)21-14-4-2-13(3-5-14)16(17,18)19/h2-5,12,15,21H,6-11,20H2,1H3. The van der Waals surface area contributed by atoms with Crippen molar-refractivity contribution in [3.8, 4) is 0 Å². The number of halogens is 3. The predicted octanol–water partition coefficient (Wildman–Crippen LogP) is 3.32. The van der Waals surface area contributed by atoms with Gasteiger partial charge in [-0.1, -0.05) is 0 Å². The maximum absolute atomic E-state index is 12.5. The summed E-state index contributed by atoms with van der Waals surface area (Å²) in [5.74, 6) is 0. The third-order valence-electron chi connectivity index (χ3n) is 4.32. The van der Waals surface area contributed by atoms with Crippen molar-refractivity contribution < 1.29 is 13.2 Å². The minimum Gasteiger partial charge on any atom is -0.382 e. The van der Waals surface area contributed by atoms with Crippen molar-refractivity contribution in [3.63, 3.8) is 0 Å². The van der Waals surface area contributed by atoms with Gasteiger partial charge in [-0.3, -0.25) is 0 Å². The van der Waals surface area contributed by atoms with E-state index in [4.69, 9.17) is 5.73 Å². The lowest BCUT2D eigenvalue weighted by Crippen LogP contribution is -2.44. The zero-order chi connectivity index (χ0) is 16.2. The Morgan fingerprint density at radius 1 is 1.23 bits per heavy atom. The summed E-state index contributed by atoms with van der Waals surface area (Å²) in [7, 11) is 0. The number of hydrogen-bond donors (Lipinski definition) is 2. The zero-order valence-corrected chi connectivity index (χ0v) is 12.9. The van der Waals surface area contributed by atoms with Crippen molar-refractivity contribution in [2.45, 2.75) is 44.4 Å². The largest absolute Gasteiger partial charge is 0.416 e. The first kappa shape index (κ1) is 17.1. The Balaban J connectivity index is 1.83. The Labute approximate surface area is 129 Å². The molecule has 0 amide bonds. The molecule has 6 heteroatoms. The molecule has 1 aliphatic heterocycles. The van der Waals surface area contributed by atoms with Gasteiger partial charge in [0, 0.05) is 30.9 Å². The van der Waals surface area contributed by atoms with E-state index in [1.807, 2.05) is 0 Å². The zero-order valence-electron chi connectivity index (χ0n) is 12.9. The van der Waals surface area contributed by atoms with E-state index in [9.17, 15) is 13.2 Å². The molecule has 0 bridgehead atoms. The second-order valence-electron chi connectivity index (χ2n) is 5.96. The van der Waals surface area contributed by atoms with Crippen LogP contribution >= 0.6 is 0 Å². The number of rotatable bonds is 5. The van der Waals surface area contributed by atoms with Crippen LogP contribution in [-0.4, -0.2) is 36.6 Å². The molecule has 0 saturated carbocycles. The average Bonchev–Trinajstić information content (AvgIpc) is 2.48. The van der Waals surface area contributed by atoms with Gasteiger partial charge in [0.15, 0.2) is 0 Å². The number of nitrogens with two attached hydrogens (primary N) is 1. The number of likely N-dealkylation sites (tertiary alicyclic amines) is 1. The van der Waals surface area contributed by atoms with Gasteiger partial charge in [0.25, 0.3) is 0 Å². The van der Waals surface area contributed by atoms with E-state index in [1.165, 1.54) is 12.1 Å². The summed E-state index contributed by atoms with van der Waals surface area (Å²) in [6.07, 6.45) is -1.29. The second kappa shape index (κ2) is 7.33. The Morgan fingerprint density at radius 2 is 1.82 bits per heavy atom. The average molecular weight is 315 g/mol. The molecule has 124 valence electrons. The van der Waals surface area contributed by atoms with E-state index >= 15 is 0 Å². The molecule has 1 atom stereocenters. The molecule has 1 heterocycles. The number of alkyl halides is 3. The summed E-state index contributed by atoms with van der Waals surface area (Å²) in [5.41, 5.74) is 5.73. The molecule has 3 nitrogen and oxygen atoms in total. The third kappa shape index (κ3) is 4.61. The van der Waals surface area contributed by atoms with Gasteiger partial charge in [-0.15, -0.1) is 0 Å². The van der Waals surface area contributed by atoms with Crippen molar-refractivity contribution in [1.82, 2.24) is 4.90 Å². The molecule has 1 unspecified atom stereocenters. The maximum Gasteiger partial charge on any atom is 0.416 e. The number of nitrogens with one attached hydrogen (secondary N) is 1. The fraction of sp³-hybridized carbons (Fsp3) is 0.625. The SMILES string of the molecule is CC(CCN)N1CCC(Nc2ccc(C(F)(F)F)cc2)CC1. The van der Waals surface area contributed by atoms with Crippen molar-refractivity contribution in [1.29, 1.82) is 0 Å². The summed E-state index contributed by atoms with van der Waals surface area (Å²) in [6, 6.07) is 6.08. The van der Waals surface area contributed by atoms with E-state index in [0.29, 0.717) is 18.6 Å². The first-order valence-corrected chi connectivity index (χ1v) is 7.78. The Hall–Kier alpha value is -1.27. The smallest absolute Gasteiger partial charge is 0.382 e. The lowest BCUT2D eigenvalue weighted by molar-refractivity contribution is -0.137. The fourth-order valence-corrected chi connectivity index (χ4v) is 2.90. The number of anilines is 1. The van der Waals surface area contributed by atoms with Crippen molar-refractivity contribution in [2.75, 3.05) is 25.0 Å². The van der Waals surface area contributed by atoms with Crippen LogP contribution in [0.1, 0.15) is 31.7 Å². The molecule has 0 radical (unpaired) electrons. The van der Waals surface area contributed by atoms with Crippen LogP contribution in [0.3, 0.4) is 0 Å². The van der Waals surface area contributed by atoms with Gasteiger partial charge in [-0.2, -0.15) is 13.2 Å². The molecule has 0 aliphatic carbocycles. The van der Waals surface area contributed by atoms with E-state index in [1.54, 1.807) is 0 Å². The number of nitrogens with zero attached hydrogens (tertiary/aromatic N) is 1. The quantitative estimate of drug-likeness (QED) is 0.876. The summed E-state index contributed by atoms with van der Waals surface area (Å²) in [6.45, 7) is 4.89. The van der Waals surface area contributed by atoms with E-state index < -0.39 is 11.7 Å². The van der Waals surface area contributed by atoms with Gasteiger partial charge in [0.1, 0.15) is 0 Å². The molecule has 1 aliphatic rings. The highest BCUT2D eigenvalue weighted by molar-refractivity contribution is 5.46. The highest BCUT2D eigenvalue weighted by Gasteiger charge is 2.30. The molecular formula is C16H24F3N3. The predicted molar refractivity (Wildman–Crippen MR) is 82.8 cm³/mol. The molecule has 0 aromatic heterocycles. The molecule has 2 rings (SSSR count). The van der Waals surface area contributed by atoms with Gasteiger partial charge < -0.3 is 16.0 Å². The van der Waals surface area contributed by atoms with Gasteiger partial charge in [-0.05, 0) is 57.0 Å². The molecule has 1 aromatic rings. The first-order chi connectivity index (χ1) is 10.4. The van der Waals surface area contributed by atoms with Crippen molar-refractivity contribution in [3.05, 3.63) is 29.8 Å². The number of piperidine rings is 1. The fourth-order valence-electron chi connectivity index (χ4n) is 2.90. The van der Waals surface area contributed by atoms with Gasteiger partial charge in [0.2, 0.25) is 0 Å². The summed E-state index contributed by atoms with van der Waals surface area (Å²) >= 11 is 0. The van der Waals surface area contributed by atoms with Crippen LogP contribution in [0.4, 0.5) is 18.9 Å². The molecule has 22 heavy (non-hydrogen) atoms. The highest BCUT2D eigenvalue weighted by atomic mass is 19.4. The first-order valence-electron chi connectivity index (χ1n) is 7.78. The van der Waals surface area contributed by atoms with E-state index in [0.717, 1.165) is 50.2 Å². The molecule has 1 saturated heterocycles. The Morgan fingerprint density at radius 3 is 2.32 bits per heavy atom.